The normalized spacial score (nSPS) is 19.1. The molecule has 0 spiro atoms. The van der Waals surface area contributed by atoms with Gasteiger partial charge in [0.1, 0.15) is 6.04 Å². The highest BCUT2D eigenvalue weighted by Crippen LogP contribution is 2.16. The molecular weight excluding hydrogens is 426 g/mol. The second-order valence-electron chi connectivity index (χ2n) is 8.48. The molecule has 1 aromatic rings. The monoisotopic (exact) mass is 459 g/mol. The first kappa shape index (κ1) is 24.5. The molecule has 0 unspecified atom stereocenters. The Hall–Kier alpha value is -3.14. The van der Waals surface area contributed by atoms with E-state index in [-0.39, 0.29) is 36.8 Å². The minimum absolute atomic E-state index is 0.110. The van der Waals surface area contributed by atoms with Gasteiger partial charge in [0, 0.05) is 45.0 Å². The molecule has 2 N–H and O–H groups in total. The molecule has 0 bridgehead atoms. The van der Waals surface area contributed by atoms with E-state index >= 15 is 0 Å². The average molecular weight is 460 g/mol. The highest BCUT2D eigenvalue weighted by atomic mass is 16.6. The molecule has 2 fully saturated rings. The molecule has 10 heteroatoms. The number of benzene rings is 1. The Balaban J connectivity index is 1.57. The number of rotatable bonds is 6. The minimum atomic E-state index is -0.849. The molecule has 1 aromatic carbocycles. The van der Waals surface area contributed by atoms with Gasteiger partial charge in [0.25, 0.3) is 0 Å². The standard InChI is InChI=1S/C23H33N5O5/c1-4-33-23(32)27-9-7-26(8-10-27)15-21(30)28-6-5-24-22(31)19(28)14-20(29)25-18-12-16(2)11-17(3)13-18/h11-13,19H,4-10,14-15H2,1-3H3,(H,24,31)(H,25,29)/t19-/m0/s1. The lowest BCUT2D eigenvalue weighted by atomic mass is 10.1. The van der Waals surface area contributed by atoms with Gasteiger partial charge in [0.2, 0.25) is 17.7 Å². The molecule has 10 nitrogen and oxygen atoms in total. The molecule has 2 aliphatic heterocycles. The molecule has 0 aliphatic carbocycles. The summed E-state index contributed by atoms with van der Waals surface area (Å²) in [7, 11) is 0. The Bertz CT molecular complexity index is 877. The first-order chi connectivity index (χ1) is 15.8. The molecule has 2 saturated heterocycles. The van der Waals surface area contributed by atoms with Crippen molar-refractivity contribution in [1.29, 1.82) is 0 Å². The van der Waals surface area contributed by atoms with Gasteiger partial charge in [-0.25, -0.2) is 4.79 Å². The van der Waals surface area contributed by atoms with E-state index in [0.717, 1.165) is 11.1 Å². The van der Waals surface area contributed by atoms with Gasteiger partial charge in [-0.3, -0.25) is 19.3 Å². The van der Waals surface area contributed by atoms with Crippen LogP contribution in [0, 0.1) is 13.8 Å². The molecule has 2 aliphatic rings. The Labute approximate surface area is 194 Å². The number of piperazine rings is 2. The van der Waals surface area contributed by atoms with Crippen LogP contribution in [0.5, 0.6) is 0 Å². The average Bonchev–Trinajstić information content (AvgIpc) is 2.75. The van der Waals surface area contributed by atoms with E-state index in [4.69, 9.17) is 4.74 Å². The Kier molecular flexibility index (Phi) is 8.26. The van der Waals surface area contributed by atoms with Crippen molar-refractivity contribution in [2.45, 2.75) is 33.2 Å². The number of anilines is 1. The summed E-state index contributed by atoms with van der Waals surface area (Å²) in [6, 6.07) is 4.89. The summed E-state index contributed by atoms with van der Waals surface area (Å²) in [5.74, 6) is -0.834. The number of ether oxygens (including phenoxy) is 1. The molecule has 0 saturated carbocycles. The summed E-state index contributed by atoms with van der Waals surface area (Å²) < 4.78 is 5.02. The van der Waals surface area contributed by atoms with Gasteiger partial charge in [-0.2, -0.15) is 0 Å². The third kappa shape index (κ3) is 6.67. The van der Waals surface area contributed by atoms with Crippen LogP contribution in [0.15, 0.2) is 18.2 Å². The number of aryl methyl sites for hydroxylation is 2. The maximum Gasteiger partial charge on any atom is 0.409 e. The quantitative estimate of drug-likeness (QED) is 0.649. The fourth-order valence-electron chi connectivity index (χ4n) is 4.24. The number of hydrogen-bond donors (Lipinski definition) is 2. The van der Waals surface area contributed by atoms with Crippen LogP contribution in [-0.4, -0.2) is 97.0 Å². The zero-order valence-corrected chi connectivity index (χ0v) is 19.6. The van der Waals surface area contributed by atoms with Crippen LogP contribution in [0.2, 0.25) is 0 Å². The van der Waals surface area contributed by atoms with E-state index in [1.807, 2.05) is 36.9 Å². The first-order valence-corrected chi connectivity index (χ1v) is 11.4. The van der Waals surface area contributed by atoms with Gasteiger partial charge in [-0.1, -0.05) is 6.07 Å². The Morgan fingerprint density at radius 1 is 1.06 bits per heavy atom. The van der Waals surface area contributed by atoms with Crippen LogP contribution in [0.3, 0.4) is 0 Å². The fourth-order valence-corrected chi connectivity index (χ4v) is 4.24. The lowest BCUT2D eigenvalue weighted by molar-refractivity contribution is -0.145. The molecular formula is C23H33N5O5. The van der Waals surface area contributed by atoms with Gasteiger partial charge in [-0.15, -0.1) is 0 Å². The summed E-state index contributed by atoms with van der Waals surface area (Å²) in [5, 5.41) is 5.60. The van der Waals surface area contributed by atoms with Crippen LogP contribution in [0.25, 0.3) is 0 Å². The van der Waals surface area contributed by atoms with Crippen LogP contribution >= 0.6 is 0 Å². The number of hydrogen-bond acceptors (Lipinski definition) is 6. The third-order valence-corrected chi connectivity index (χ3v) is 5.79. The summed E-state index contributed by atoms with van der Waals surface area (Å²) in [5.41, 5.74) is 2.73. The second kappa shape index (κ2) is 11.1. The molecule has 0 aromatic heterocycles. The lowest BCUT2D eigenvalue weighted by Crippen LogP contribution is -2.60. The molecule has 4 amide bonds. The van der Waals surface area contributed by atoms with E-state index in [9.17, 15) is 19.2 Å². The van der Waals surface area contributed by atoms with Crippen molar-refractivity contribution in [3.63, 3.8) is 0 Å². The molecule has 3 rings (SSSR count). The lowest BCUT2D eigenvalue weighted by Gasteiger charge is -2.38. The van der Waals surface area contributed by atoms with Crippen LogP contribution in [0.1, 0.15) is 24.5 Å². The van der Waals surface area contributed by atoms with E-state index < -0.39 is 6.04 Å². The van der Waals surface area contributed by atoms with Crippen molar-refractivity contribution >= 4 is 29.5 Å². The van der Waals surface area contributed by atoms with Crippen molar-refractivity contribution in [3.05, 3.63) is 29.3 Å². The molecule has 33 heavy (non-hydrogen) atoms. The molecule has 180 valence electrons. The van der Waals surface area contributed by atoms with Gasteiger partial charge in [0.15, 0.2) is 0 Å². The number of carbonyl (C=O) groups is 4. The summed E-state index contributed by atoms with van der Waals surface area (Å²) in [4.78, 5) is 55.2. The van der Waals surface area contributed by atoms with Gasteiger partial charge in [0.05, 0.1) is 19.6 Å². The predicted molar refractivity (Wildman–Crippen MR) is 123 cm³/mol. The highest BCUT2D eigenvalue weighted by Gasteiger charge is 2.35. The minimum Gasteiger partial charge on any atom is -0.450 e. The van der Waals surface area contributed by atoms with Gasteiger partial charge >= 0.3 is 6.09 Å². The van der Waals surface area contributed by atoms with Crippen molar-refractivity contribution in [1.82, 2.24) is 20.0 Å². The van der Waals surface area contributed by atoms with Gasteiger partial charge < -0.3 is 25.2 Å². The van der Waals surface area contributed by atoms with Crippen LogP contribution < -0.4 is 10.6 Å². The van der Waals surface area contributed by atoms with E-state index in [1.54, 1.807) is 11.8 Å². The maximum absolute atomic E-state index is 13.0. The number of amides is 4. The smallest absolute Gasteiger partial charge is 0.409 e. The first-order valence-electron chi connectivity index (χ1n) is 11.4. The van der Waals surface area contributed by atoms with Gasteiger partial charge in [-0.05, 0) is 44.0 Å². The van der Waals surface area contributed by atoms with E-state index in [2.05, 4.69) is 10.6 Å². The molecule has 0 radical (unpaired) electrons. The zero-order chi connectivity index (χ0) is 24.0. The van der Waals surface area contributed by atoms with Crippen molar-refractivity contribution < 1.29 is 23.9 Å². The fraction of sp³-hybridized carbons (Fsp3) is 0.565. The Morgan fingerprint density at radius 2 is 1.73 bits per heavy atom. The Morgan fingerprint density at radius 3 is 2.36 bits per heavy atom. The topological polar surface area (TPSA) is 111 Å². The van der Waals surface area contributed by atoms with Crippen molar-refractivity contribution in [3.8, 4) is 0 Å². The van der Waals surface area contributed by atoms with E-state index in [0.29, 0.717) is 51.6 Å². The largest absolute Gasteiger partial charge is 0.450 e. The SMILES string of the molecule is CCOC(=O)N1CCN(CC(=O)N2CCNC(=O)[C@@H]2CC(=O)Nc2cc(C)cc(C)c2)CC1. The van der Waals surface area contributed by atoms with Crippen LogP contribution in [-0.2, 0) is 19.1 Å². The zero-order valence-electron chi connectivity index (χ0n) is 19.6. The summed E-state index contributed by atoms with van der Waals surface area (Å²) in [6.07, 6.45) is -0.452. The molecule has 1 atom stereocenters. The van der Waals surface area contributed by atoms with Crippen molar-refractivity contribution in [2.24, 2.45) is 0 Å². The summed E-state index contributed by atoms with van der Waals surface area (Å²) >= 11 is 0. The highest BCUT2D eigenvalue weighted by molar-refractivity contribution is 5.97. The molecule has 2 heterocycles. The number of nitrogens with zero attached hydrogens (tertiary/aromatic N) is 3. The number of carbonyl (C=O) groups excluding carboxylic acids is 4. The van der Waals surface area contributed by atoms with Crippen LogP contribution in [0.4, 0.5) is 10.5 Å². The summed E-state index contributed by atoms with van der Waals surface area (Å²) in [6.45, 7) is 8.89. The second-order valence-corrected chi connectivity index (χ2v) is 8.48. The van der Waals surface area contributed by atoms with E-state index in [1.165, 1.54) is 4.90 Å². The third-order valence-electron chi connectivity index (χ3n) is 5.79. The van der Waals surface area contributed by atoms with Crippen molar-refractivity contribution in [2.75, 3.05) is 57.7 Å². The number of nitrogens with one attached hydrogen (secondary N) is 2. The maximum atomic E-state index is 13.0. The predicted octanol–water partition coefficient (Wildman–Crippen LogP) is 0.733.